The number of aromatic nitrogens is 1. The van der Waals surface area contributed by atoms with Gasteiger partial charge in [-0.25, -0.2) is 0 Å². The van der Waals surface area contributed by atoms with E-state index in [1.165, 1.54) is 11.3 Å². The van der Waals surface area contributed by atoms with Crippen LogP contribution in [0.15, 0.2) is 101 Å². The molecule has 0 aliphatic rings. The Kier molecular flexibility index (Phi) is 5.96. The minimum Gasteiger partial charge on any atom is -0.316 e. The van der Waals surface area contributed by atoms with Crippen molar-refractivity contribution < 1.29 is 4.79 Å². The Morgan fingerprint density at radius 2 is 1.50 bits per heavy atom. The number of anilines is 1. The summed E-state index contributed by atoms with van der Waals surface area (Å²) in [6.45, 7) is 0. The van der Waals surface area contributed by atoms with Gasteiger partial charge in [-0.2, -0.15) is 5.10 Å². The molecule has 148 valence electrons. The molecule has 1 aromatic heterocycles. The number of nitrogens with zero attached hydrogens (tertiary/aromatic N) is 3. The zero-order valence-corrected chi connectivity index (χ0v) is 17.2. The number of benzene rings is 3. The minimum atomic E-state index is -0.158. The van der Waals surface area contributed by atoms with Crippen molar-refractivity contribution >= 4 is 28.5 Å². The molecule has 0 aliphatic carbocycles. The first kappa shape index (κ1) is 19.5. The predicted octanol–water partition coefficient (Wildman–Crippen LogP) is 4.94. The van der Waals surface area contributed by atoms with E-state index in [0.717, 1.165) is 21.8 Å². The van der Waals surface area contributed by atoms with Gasteiger partial charge in [0.2, 0.25) is 4.80 Å². The summed E-state index contributed by atoms with van der Waals surface area (Å²) >= 11 is 1.39. The molecule has 0 saturated heterocycles. The molecule has 0 bridgehead atoms. The van der Waals surface area contributed by atoms with Crippen LogP contribution in [0.25, 0.3) is 11.3 Å². The Morgan fingerprint density at radius 1 is 0.900 bits per heavy atom. The molecule has 0 spiro atoms. The standard InChI is InChI=1S/C24H20N4OS/c1-28-21(19-13-7-3-8-14-19)23(26-22(29)20-15-9-4-10-16-20)30-24(28)27-25-17-18-11-5-2-6-12-18/h2-17H,1H3,(H,26,29)/b25-17-,27-24-. The van der Waals surface area contributed by atoms with E-state index in [4.69, 9.17) is 0 Å². The Hall–Kier alpha value is -3.77. The molecule has 0 fully saturated rings. The Bertz CT molecular complexity index is 1230. The van der Waals surface area contributed by atoms with Gasteiger partial charge in [0.25, 0.3) is 5.91 Å². The van der Waals surface area contributed by atoms with E-state index in [9.17, 15) is 4.79 Å². The van der Waals surface area contributed by atoms with E-state index in [-0.39, 0.29) is 5.91 Å². The van der Waals surface area contributed by atoms with Crippen molar-refractivity contribution in [1.82, 2.24) is 4.57 Å². The molecular formula is C24H20N4OS. The van der Waals surface area contributed by atoms with Gasteiger partial charge in [-0.15, -0.1) is 5.10 Å². The number of hydrogen-bond acceptors (Lipinski definition) is 4. The fraction of sp³-hybridized carbons (Fsp3) is 0.0417. The van der Waals surface area contributed by atoms with Crippen molar-refractivity contribution in [1.29, 1.82) is 0 Å². The van der Waals surface area contributed by atoms with Crippen molar-refractivity contribution in [2.75, 3.05) is 5.32 Å². The molecule has 6 heteroatoms. The van der Waals surface area contributed by atoms with Crippen LogP contribution in [0.3, 0.4) is 0 Å². The Morgan fingerprint density at radius 3 is 2.17 bits per heavy atom. The van der Waals surface area contributed by atoms with Gasteiger partial charge in [-0.3, -0.25) is 4.79 Å². The van der Waals surface area contributed by atoms with Gasteiger partial charge in [-0.1, -0.05) is 90.2 Å². The molecule has 5 nitrogen and oxygen atoms in total. The molecule has 30 heavy (non-hydrogen) atoms. The summed E-state index contributed by atoms with van der Waals surface area (Å²) < 4.78 is 1.95. The smallest absolute Gasteiger partial charge is 0.256 e. The average Bonchev–Trinajstić information content (AvgIpc) is 3.10. The summed E-state index contributed by atoms with van der Waals surface area (Å²) in [5, 5.41) is 12.4. The fourth-order valence-corrected chi connectivity index (χ4v) is 3.99. The molecule has 0 aliphatic heterocycles. The van der Waals surface area contributed by atoms with E-state index < -0.39 is 0 Å². The van der Waals surface area contributed by atoms with Crippen molar-refractivity contribution in [2.45, 2.75) is 0 Å². The van der Waals surface area contributed by atoms with Crippen LogP contribution >= 0.6 is 11.3 Å². The van der Waals surface area contributed by atoms with Gasteiger partial charge in [0, 0.05) is 18.2 Å². The zero-order chi connectivity index (χ0) is 20.8. The molecule has 4 aromatic rings. The molecule has 0 unspecified atom stereocenters. The van der Waals surface area contributed by atoms with E-state index >= 15 is 0 Å². The third kappa shape index (κ3) is 4.45. The summed E-state index contributed by atoms with van der Waals surface area (Å²) in [7, 11) is 1.92. The second-order valence-corrected chi connectivity index (χ2v) is 7.54. The number of nitrogens with one attached hydrogen (secondary N) is 1. The second kappa shape index (κ2) is 9.15. The first-order chi connectivity index (χ1) is 14.7. The zero-order valence-electron chi connectivity index (χ0n) is 16.4. The van der Waals surface area contributed by atoms with Crippen LogP contribution in [0, 0.1) is 0 Å². The summed E-state index contributed by atoms with van der Waals surface area (Å²) in [5.41, 5.74) is 3.46. The lowest BCUT2D eigenvalue weighted by Crippen LogP contribution is -2.12. The maximum atomic E-state index is 12.7. The third-order valence-electron chi connectivity index (χ3n) is 4.49. The summed E-state index contributed by atoms with van der Waals surface area (Å²) in [5.74, 6) is -0.158. The van der Waals surface area contributed by atoms with Gasteiger partial charge in [-0.05, 0) is 17.7 Å². The quantitative estimate of drug-likeness (QED) is 0.366. The molecule has 1 amide bonds. The predicted molar refractivity (Wildman–Crippen MR) is 123 cm³/mol. The van der Waals surface area contributed by atoms with E-state index in [1.54, 1.807) is 18.3 Å². The van der Waals surface area contributed by atoms with Crippen molar-refractivity contribution in [3.63, 3.8) is 0 Å². The van der Waals surface area contributed by atoms with Gasteiger partial charge in [0.05, 0.1) is 11.9 Å². The SMILES string of the molecule is Cn1c(-c2ccccc2)c(NC(=O)c2ccccc2)s/c1=N\N=C/c1ccccc1. The number of rotatable bonds is 5. The number of thiazole rings is 1. The highest BCUT2D eigenvalue weighted by atomic mass is 32.1. The van der Waals surface area contributed by atoms with Gasteiger partial charge < -0.3 is 9.88 Å². The summed E-state index contributed by atoms with van der Waals surface area (Å²) in [6.07, 6.45) is 1.71. The van der Waals surface area contributed by atoms with Crippen LogP contribution in [0.2, 0.25) is 0 Å². The second-order valence-electron chi connectivity index (χ2n) is 6.56. The lowest BCUT2D eigenvalue weighted by Gasteiger charge is -2.08. The lowest BCUT2D eigenvalue weighted by molar-refractivity contribution is 0.102. The normalized spacial score (nSPS) is 11.7. The Labute approximate surface area is 178 Å². The van der Waals surface area contributed by atoms with Crippen LogP contribution in [-0.2, 0) is 7.05 Å². The molecule has 4 rings (SSSR count). The first-order valence-corrected chi connectivity index (χ1v) is 10.3. The average molecular weight is 413 g/mol. The summed E-state index contributed by atoms with van der Waals surface area (Å²) in [4.78, 5) is 13.4. The molecule has 0 saturated carbocycles. The number of carbonyl (C=O) groups is 1. The lowest BCUT2D eigenvalue weighted by atomic mass is 10.1. The van der Waals surface area contributed by atoms with Crippen LogP contribution in [0.4, 0.5) is 5.00 Å². The third-order valence-corrected chi connectivity index (χ3v) is 5.53. The fourth-order valence-electron chi connectivity index (χ4n) is 3.00. The van der Waals surface area contributed by atoms with Crippen LogP contribution < -0.4 is 10.1 Å². The highest BCUT2D eigenvalue weighted by Crippen LogP contribution is 2.30. The molecule has 0 atom stereocenters. The molecule has 1 N–H and O–H groups in total. The molecular weight excluding hydrogens is 392 g/mol. The van der Waals surface area contributed by atoms with Crippen LogP contribution in [-0.4, -0.2) is 16.7 Å². The number of carbonyl (C=O) groups excluding carboxylic acids is 1. The molecule has 3 aromatic carbocycles. The van der Waals surface area contributed by atoms with Crippen molar-refractivity contribution in [3.05, 3.63) is 107 Å². The number of hydrogen-bond donors (Lipinski definition) is 1. The van der Waals surface area contributed by atoms with E-state index in [1.807, 2.05) is 90.5 Å². The van der Waals surface area contributed by atoms with Crippen LogP contribution in [0.1, 0.15) is 15.9 Å². The maximum absolute atomic E-state index is 12.7. The molecule has 0 radical (unpaired) electrons. The van der Waals surface area contributed by atoms with Gasteiger partial charge >= 0.3 is 0 Å². The Balaban J connectivity index is 1.73. The largest absolute Gasteiger partial charge is 0.316 e. The maximum Gasteiger partial charge on any atom is 0.256 e. The van der Waals surface area contributed by atoms with Crippen LogP contribution in [0.5, 0.6) is 0 Å². The highest BCUT2D eigenvalue weighted by molar-refractivity contribution is 7.14. The van der Waals surface area contributed by atoms with Crippen molar-refractivity contribution in [2.24, 2.45) is 17.3 Å². The van der Waals surface area contributed by atoms with Crippen molar-refractivity contribution in [3.8, 4) is 11.3 Å². The monoisotopic (exact) mass is 412 g/mol. The van der Waals surface area contributed by atoms with Gasteiger partial charge in [0.15, 0.2) is 0 Å². The van der Waals surface area contributed by atoms with E-state index in [2.05, 4.69) is 15.5 Å². The van der Waals surface area contributed by atoms with E-state index in [0.29, 0.717) is 10.4 Å². The molecule has 1 heterocycles. The first-order valence-electron chi connectivity index (χ1n) is 9.46. The summed E-state index contributed by atoms with van der Waals surface area (Å²) in [6, 6.07) is 28.9. The topological polar surface area (TPSA) is 58.8 Å². The highest BCUT2D eigenvalue weighted by Gasteiger charge is 2.16. The number of amides is 1. The van der Waals surface area contributed by atoms with Gasteiger partial charge in [0.1, 0.15) is 5.00 Å². The minimum absolute atomic E-state index is 0.158.